The van der Waals surface area contributed by atoms with Gasteiger partial charge in [0.15, 0.2) is 0 Å². The summed E-state index contributed by atoms with van der Waals surface area (Å²) in [5, 5.41) is 13.2. The summed E-state index contributed by atoms with van der Waals surface area (Å²) in [7, 11) is 0. The SMILES string of the molecule is N[C@@H](CO)c1nc(-c2ccc(Cl)cc2)no1. The van der Waals surface area contributed by atoms with E-state index in [1.807, 2.05) is 0 Å². The predicted molar refractivity (Wildman–Crippen MR) is 58.8 cm³/mol. The number of rotatable bonds is 3. The zero-order valence-corrected chi connectivity index (χ0v) is 9.05. The highest BCUT2D eigenvalue weighted by atomic mass is 35.5. The Hall–Kier alpha value is -1.43. The molecule has 1 aromatic heterocycles. The molecule has 0 bridgehead atoms. The number of aromatic nitrogens is 2. The van der Waals surface area contributed by atoms with Gasteiger partial charge in [0.1, 0.15) is 6.04 Å². The summed E-state index contributed by atoms with van der Waals surface area (Å²) in [5.74, 6) is 0.642. The molecule has 6 heteroatoms. The van der Waals surface area contributed by atoms with Crippen LogP contribution in [-0.2, 0) is 0 Å². The van der Waals surface area contributed by atoms with Crippen molar-refractivity contribution in [2.75, 3.05) is 6.61 Å². The van der Waals surface area contributed by atoms with E-state index in [9.17, 15) is 0 Å². The Balaban J connectivity index is 2.28. The van der Waals surface area contributed by atoms with Gasteiger partial charge in [0.25, 0.3) is 0 Å². The zero-order chi connectivity index (χ0) is 11.5. The van der Waals surface area contributed by atoms with Crippen LogP contribution in [0.2, 0.25) is 5.02 Å². The molecule has 5 nitrogen and oxygen atoms in total. The van der Waals surface area contributed by atoms with Crippen molar-refractivity contribution in [1.82, 2.24) is 10.1 Å². The molecule has 0 spiro atoms. The summed E-state index contributed by atoms with van der Waals surface area (Å²) >= 11 is 5.76. The third-order valence-electron chi connectivity index (χ3n) is 2.06. The molecule has 1 aromatic carbocycles. The molecule has 84 valence electrons. The van der Waals surface area contributed by atoms with Crippen LogP contribution in [0, 0.1) is 0 Å². The third-order valence-corrected chi connectivity index (χ3v) is 2.31. The van der Waals surface area contributed by atoms with E-state index >= 15 is 0 Å². The maximum Gasteiger partial charge on any atom is 0.246 e. The molecule has 0 radical (unpaired) electrons. The van der Waals surface area contributed by atoms with Gasteiger partial charge in [0.05, 0.1) is 6.61 Å². The highest BCUT2D eigenvalue weighted by Gasteiger charge is 2.14. The predicted octanol–water partition coefficient (Wildman–Crippen LogP) is 1.38. The molecule has 16 heavy (non-hydrogen) atoms. The topological polar surface area (TPSA) is 85.2 Å². The van der Waals surface area contributed by atoms with Crippen LogP contribution < -0.4 is 5.73 Å². The van der Waals surface area contributed by atoms with Gasteiger partial charge in [0.2, 0.25) is 11.7 Å². The van der Waals surface area contributed by atoms with E-state index in [0.717, 1.165) is 5.56 Å². The van der Waals surface area contributed by atoms with Crippen LogP contribution in [0.3, 0.4) is 0 Å². The number of benzene rings is 1. The van der Waals surface area contributed by atoms with Crippen LogP contribution in [0.5, 0.6) is 0 Å². The van der Waals surface area contributed by atoms with Gasteiger partial charge >= 0.3 is 0 Å². The fraction of sp³-hybridized carbons (Fsp3) is 0.200. The summed E-state index contributed by atoms with van der Waals surface area (Å²) < 4.78 is 4.92. The van der Waals surface area contributed by atoms with Crippen molar-refractivity contribution in [2.24, 2.45) is 5.73 Å². The minimum atomic E-state index is -0.645. The van der Waals surface area contributed by atoms with Crippen LogP contribution in [0.15, 0.2) is 28.8 Å². The third kappa shape index (κ3) is 2.21. The van der Waals surface area contributed by atoms with Crippen molar-refractivity contribution < 1.29 is 9.63 Å². The Morgan fingerprint density at radius 2 is 2.06 bits per heavy atom. The normalized spacial score (nSPS) is 12.7. The van der Waals surface area contributed by atoms with E-state index < -0.39 is 6.04 Å². The standard InChI is InChI=1S/C10H10ClN3O2/c11-7-3-1-6(2-4-7)9-13-10(16-14-9)8(12)5-15/h1-4,8,15H,5,12H2/t8-/m0/s1. The van der Waals surface area contributed by atoms with Gasteiger partial charge in [-0.2, -0.15) is 4.98 Å². The summed E-state index contributed by atoms with van der Waals surface area (Å²) in [4.78, 5) is 4.08. The lowest BCUT2D eigenvalue weighted by Gasteiger charge is -1.98. The summed E-state index contributed by atoms with van der Waals surface area (Å²) in [6.07, 6.45) is 0. The molecule has 0 aliphatic carbocycles. The van der Waals surface area contributed by atoms with Gasteiger partial charge in [-0.05, 0) is 24.3 Å². The smallest absolute Gasteiger partial charge is 0.246 e. The Bertz CT molecular complexity index is 469. The van der Waals surface area contributed by atoms with Crippen molar-refractivity contribution in [2.45, 2.75) is 6.04 Å². The molecule has 1 atom stereocenters. The number of aliphatic hydroxyl groups excluding tert-OH is 1. The van der Waals surface area contributed by atoms with E-state index in [1.54, 1.807) is 24.3 Å². The van der Waals surface area contributed by atoms with Crippen molar-refractivity contribution in [3.8, 4) is 11.4 Å². The first-order valence-corrected chi connectivity index (χ1v) is 5.04. The maximum atomic E-state index is 8.83. The van der Waals surface area contributed by atoms with Gasteiger partial charge in [0, 0.05) is 10.6 Å². The Labute approximate surface area is 96.8 Å². The number of hydrogen-bond donors (Lipinski definition) is 2. The monoisotopic (exact) mass is 239 g/mol. The zero-order valence-electron chi connectivity index (χ0n) is 8.30. The van der Waals surface area contributed by atoms with E-state index in [2.05, 4.69) is 10.1 Å². The molecular weight excluding hydrogens is 230 g/mol. The molecular formula is C10H10ClN3O2. The van der Waals surface area contributed by atoms with Gasteiger partial charge in [-0.1, -0.05) is 16.8 Å². The lowest BCUT2D eigenvalue weighted by Crippen LogP contribution is -2.14. The molecule has 0 fully saturated rings. The molecule has 0 aliphatic heterocycles. The van der Waals surface area contributed by atoms with Crippen LogP contribution in [-0.4, -0.2) is 21.9 Å². The molecule has 0 saturated heterocycles. The Morgan fingerprint density at radius 3 is 2.69 bits per heavy atom. The largest absolute Gasteiger partial charge is 0.394 e. The van der Waals surface area contributed by atoms with E-state index in [-0.39, 0.29) is 12.5 Å². The fourth-order valence-corrected chi connectivity index (χ4v) is 1.31. The molecule has 3 N–H and O–H groups in total. The molecule has 2 rings (SSSR count). The second-order valence-electron chi connectivity index (χ2n) is 3.25. The molecule has 0 amide bonds. The number of nitrogens with two attached hydrogens (primary N) is 1. The van der Waals surface area contributed by atoms with E-state index in [1.165, 1.54) is 0 Å². The first-order valence-electron chi connectivity index (χ1n) is 4.66. The van der Waals surface area contributed by atoms with Crippen LogP contribution in [0.1, 0.15) is 11.9 Å². The highest BCUT2D eigenvalue weighted by Crippen LogP contribution is 2.19. The van der Waals surface area contributed by atoms with E-state index in [4.69, 9.17) is 27.0 Å². The average molecular weight is 240 g/mol. The Morgan fingerprint density at radius 1 is 1.38 bits per heavy atom. The summed E-state index contributed by atoms with van der Waals surface area (Å²) in [6.45, 7) is -0.234. The van der Waals surface area contributed by atoms with Crippen LogP contribution in [0.4, 0.5) is 0 Å². The number of nitrogens with zero attached hydrogens (tertiary/aromatic N) is 2. The van der Waals surface area contributed by atoms with Gasteiger partial charge in [-0.15, -0.1) is 0 Å². The van der Waals surface area contributed by atoms with Crippen molar-refractivity contribution in [3.05, 3.63) is 35.2 Å². The lowest BCUT2D eigenvalue weighted by atomic mass is 10.2. The first kappa shape index (κ1) is 11.1. The molecule has 0 unspecified atom stereocenters. The average Bonchev–Trinajstić information content (AvgIpc) is 2.78. The quantitative estimate of drug-likeness (QED) is 0.845. The highest BCUT2D eigenvalue weighted by molar-refractivity contribution is 6.30. The Kier molecular flexibility index (Phi) is 3.19. The second kappa shape index (κ2) is 4.61. The molecule has 2 aromatic rings. The van der Waals surface area contributed by atoms with Gasteiger partial charge in [-0.3, -0.25) is 0 Å². The van der Waals surface area contributed by atoms with Crippen LogP contribution in [0.25, 0.3) is 11.4 Å². The number of aliphatic hydroxyl groups is 1. The van der Waals surface area contributed by atoms with Gasteiger partial charge in [-0.25, -0.2) is 0 Å². The summed E-state index contributed by atoms with van der Waals surface area (Å²) in [6, 6.07) is 6.38. The fourth-order valence-electron chi connectivity index (χ4n) is 1.18. The van der Waals surface area contributed by atoms with Crippen LogP contribution >= 0.6 is 11.6 Å². The lowest BCUT2D eigenvalue weighted by molar-refractivity contribution is 0.237. The number of hydrogen-bond acceptors (Lipinski definition) is 5. The molecule has 0 saturated carbocycles. The van der Waals surface area contributed by atoms with Crippen molar-refractivity contribution >= 4 is 11.6 Å². The van der Waals surface area contributed by atoms with Crippen molar-refractivity contribution in [1.29, 1.82) is 0 Å². The first-order chi connectivity index (χ1) is 7.70. The van der Waals surface area contributed by atoms with E-state index in [0.29, 0.717) is 10.8 Å². The maximum absolute atomic E-state index is 8.83. The molecule has 0 aliphatic rings. The van der Waals surface area contributed by atoms with Crippen molar-refractivity contribution in [3.63, 3.8) is 0 Å². The second-order valence-corrected chi connectivity index (χ2v) is 3.69. The molecule has 1 heterocycles. The summed E-state index contributed by atoms with van der Waals surface area (Å²) in [5.41, 5.74) is 6.32. The minimum absolute atomic E-state index is 0.215. The van der Waals surface area contributed by atoms with Gasteiger partial charge < -0.3 is 15.4 Å². The number of halogens is 1. The minimum Gasteiger partial charge on any atom is -0.394 e.